The van der Waals surface area contributed by atoms with Gasteiger partial charge in [0.1, 0.15) is 11.5 Å². The fraction of sp³-hybridized carbons (Fsp3) is 0.333. The van der Waals surface area contributed by atoms with E-state index in [2.05, 4.69) is 14.5 Å². The van der Waals surface area contributed by atoms with Crippen molar-refractivity contribution in [3.05, 3.63) is 53.2 Å². The normalized spacial score (nSPS) is 17.0. The monoisotopic (exact) mass is 342 g/mol. The summed E-state index contributed by atoms with van der Waals surface area (Å²) in [4.78, 5) is 22.1. The molecule has 0 spiro atoms. The number of carbonyl (C=O) groups excluding carboxylic acids is 1. The number of aryl methyl sites for hydroxylation is 1. The van der Waals surface area contributed by atoms with Crippen LogP contribution in [0.5, 0.6) is 0 Å². The number of nitrogens with zero attached hydrogens (tertiary/aromatic N) is 3. The quantitative estimate of drug-likeness (QED) is 0.793. The summed E-state index contributed by atoms with van der Waals surface area (Å²) in [5.41, 5.74) is 1.49. The second kappa shape index (κ2) is 5.98. The van der Waals surface area contributed by atoms with Gasteiger partial charge < -0.3 is 14.5 Å². The highest BCUT2D eigenvalue weighted by Crippen LogP contribution is 2.22. The Morgan fingerprint density at radius 3 is 3.21 bits per heavy atom. The van der Waals surface area contributed by atoms with Gasteiger partial charge in [-0.25, -0.2) is 4.98 Å². The first-order chi connectivity index (χ1) is 11.6. The maximum atomic E-state index is 12.7. The Balaban J connectivity index is 1.47. The van der Waals surface area contributed by atoms with Gasteiger partial charge in [0, 0.05) is 54.9 Å². The summed E-state index contributed by atoms with van der Waals surface area (Å²) >= 11 is 6.01. The molecule has 5 nitrogen and oxygen atoms in total. The lowest BCUT2D eigenvalue weighted by Crippen LogP contribution is -2.35. The van der Waals surface area contributed by atoms with Crippen LogP contribution in [0.25, 0.3) is 10.9 Å². The van der Waals surface area contributed by atoms with E-state index in [-0.39, 0.29) is 5.91 Å². The van der Waals surface area contributed by atoms with Crippen molar-refractivity contribution in [2.45, 2.75) is 19.4 Å². The van der Waals surface area contributed by atoms with Gasteiger partial charge in [0.05, 0.1) is 0 Å². The largest absolute Gasteiger partial charge is 0.350 e. The van der Waals surface area contributed by atoms with Gasteiger partial charge in [-0.2, -0.15) is 0 Å². The smallest absolute Gasteiger partial charge is 0.270 e. The molecular weight excluding hydrogens is 324 g/mol. The molecule has 3 heterocycles. The summed E-state index contributed by atoms with van der Waals surface area (Å²) in [6, 6.07) is 7.48. The Morgan fingerprint density at radius 2 is 2.33 bits per heavy atom. The van der Waals surface area contributed by atoms with Crippen molar-refractivity contribution in [1.29, 1.82) is 0 Å². The number of H-pyrrole nitrogens is 1. The maximum Gasteiger partial charge on any atom is 0.270 e. The number of hydrogen-bond acceptors (Lipinski definition) is 2. The fourth-order valence-corrected chi connectivity index (χ4v) is 3.63. The first-order valence-electron chi connectivity index (χ1n) is 8.14. The number of rotatable bonds is 3. The number of hydrogen-bond donors (Lipinski definition) is 1. The second-order valence-corrected chi connectivity index (χ2v) is 6.93. The highest BCUT2D eigenvalue weighted by Gasteiger charge is 2.23. The van der Waals surface area contributed by atoms with Crippen LogP contribution in [0.2, 0.25) is 5.02 Å². The molecule has 6 heteroatoms. The number of halogens is 1. The lowest BCUT2D eigenvalue weighted by Gasteiger charge is -2.27. The zero-order valence-corrected chi connectivity index (χ0v) is 14.3. The SMILES string of the molecule is CN(CC1CCn2ccnc2C1)C(=O)c1cc2ccc(Cl)cc2[nH]1. The summed E-state index contributed by atoms with van der Waals surface area (Å²) in [6.07, 6.45) is 5.87. The van der Waals surface area contributed by atoms with E-state index in [1.165, 1.54) is 0 Å². The number of aromatic amines is 1. The third kappa shape index (κ3) is 2.80. The molecule has 124 valence electrons. The summed E-state index contributed by atoms with van der Waals surface area (Å²) in [7, 11) is 1.86. The lowest BCUT2D eigenvalue weighted by atomic mass is 9.97. The summed E-state index contributed by atoms with van der Waals surface area (Å²) in [5.74, 6) is 1.58. The molecule has 1 aliphatic rings. The number of fused-ring (bicyclic) bond motifs is 2. The minimum absolute atomic E-state index is 0.0104. The topological polar surface area (TPSA) is 53.9 Å². The molecule has 0 fully saturated rings. The van der Waals surface area contributed by atoms with Crippen molar-refractivity contribution >= 4 is 28.4 Å². The van der Waals surface area contributed by atoms with Gasteiger partial charge in [-0.1, -0.05) is 17.7 Å². The Hall–Kier alpha value is -2.27. The number of imidazole rings is 1. The molecule has 1 N–H and O–H groups in total. The van der Waals surface area contributed by atoms with Gasteiger partial charge in [-0.3, -0.25) is 4.79 Å². The van der Waals surface area contributed by atoms with Crippen LogP contribution >= 0.6 is 11.6 Å². The first kappa shape index (κ1) is 15.3. The second-order valence-electron chi connectivity index (χ2n) is 6.50. The van der Waals surface area contributed by atoms with Gasteiger partial charge >= 0.3 is 0 Å². The molecule has 0 radical (unpaired) electrons. The van der Waals surface area contributed by atoms with Crippen LogP contribution in [-0.4, -0.2) is 38.9 Å². The molecule has 0 aliphatic carbocycles. The Morgan fingerprint density at radius 1 is 1.46 bits per heavy atom. The third-order valence-electron chi connectivity index (χ3n) is 4.74. The van der Waals surface area contributed by atoms with Crippen LogP contribution in [0.1, 0.15) is 22.7 Å². The Labute approximate surface area is 145 Å². The molecule has 3 aromatic rings. The molecule has 0 saturated heterocycles. The molecule has 2 aromatic heterocycles. The van der Waals surface area contributed by atoms with E-state index in [1.807, 2.05) is 43.7 Å². The molecule has 1 aromatic carbocycles. The van der Waals surface area contributed by atoms with Crippen molar-refractivity contribution in [2.24, 2.45) is 5.92 Å². The molecule has 1 aliphatic heterocycles. The number of amides is 1. The minimum Gasteiger partial charge on any atom is -0.350 e. The number of carbonyl (C=O) groups is 1. The molecule has 0 saturated carbocycles. The average molecular weight is 343 g/mol. The lowest BCUT2D eigenvalue weighted by molar-refractivity contribution is 0.0759. The van der Waals surface area contributed by atoms with Gasteiger partial charge in [-0.05, 0) is 30.5 Å². The van der Waals surface area contributed by atoms with Crippen molar-refractivity contribution < 1.29 is 4.79 Å². The van der Waals surface area contributed by atoms with E-state index in [1.54, 1.807) is 4.90 Å². The van der Waals surface area contributed by atoms with Crippen molar-refractivity contribution in [1.82, 2.24) is 19.4 Å². The molecule has 1 atom stereocenters. The van der Waals surface area contributed by atoms with Crippen molar-refractivity contribution in [3.8, 4) is 0 Å². The van der Waals surface area contributed by atoms with Crippen LogP contribution in [-0.2, 0) is 13.0 Å². The van der Waals surface area contributed by atoms with Gasteiger partial charge in [-0.15, -0.1) is 0 Å². The maximum absolute atomic E-state index is 12.7. The summed E-state index contributed by atoms with van der Waals surface area (Å²) < 4.78 is 2.19. The third-order valence-corrected chi connectivity index (χ3v) is 4.98. The van der Waals surface area contributed by atoms with Gasteiger partial charge in [0.2, 0.25) is 0 Å². The van der Waals surface area contributed by atoms with Crippen LogP contribution in [0.15, 0.2) is 36.7 Å². The van der Waals surface area contributed by atoms with E-state index in [0.29, 0.717) is 16.6 Å². The van der Waals surface area contributed by atoms with E-state index >= 15 is 0 Å². The predicted octanol–water partition coefficient (Wildman–Crippen LogP) is 3.35. The van der Waals surface area contributed by atoms with Crippen LogP contribution < -0.4 is 0 Å². The molecule has 0 bridgehead atoms. The van der Waals surface area contributed by atoms with E-state index in [4.69, 9.17) is 11.6 Å². The van der Waals surface area contributed by atoms with E-state index in [9.17, 15) is 4.79 Å². The van der Waals surface area contributed by atoms with Gasteiger partial charge in [0.15, 0.2) is 0 Å². The zero-order chi connectivity index (χ0) is 16.7. The summed E-state index contributed by atoms with van der Waals surface area (Å²) in [6.45, 7) is 1.72. The molecule has 1 unspecified atom stereocenters. The minimum atomic E-state index is 0.0104. The predicted molar refractivity (Wildman–Crippen MR) is 94.3 cm³/mol. The molecule has 1 amide bonds. The fourth-order valence-electron chi connectivity index (χ4n) is 3.46. The average Bonchev–Trinajstić information content (AvgIpc) is 3.19. The van der Waals surface area contributed by atoms with E-state index < -0.39 is 0 Å². The Kier molecular flexibility index (Phi) is 3.81. The van der Waals surface area contributed by atoms with Crippen molar-refractivity contribution in [2.75, 3.05) is 13.6 Å². The summed E-state index contributed by atoms with van der Waals surface area (Å²) in [5, 5.41) is 1.66. The van der Waals surface area contributed by atoms with E-state index in [0.717, 1.165) is 42.7 Å². The molecular formula is C18H19ClN4O. The number of aromatic nitrogens is 3. The van der Waals surface area contributed by atoms with Crippen LogP contribution in [0, 0.1) is 5.92 Å². The van der Waals surface area contributed by atoms with Crippen molar-refractivity contribution in [3.63, 3.8) is 0 Å². The van der Waals surface area contributed by atoms with Crippen LogP contribution in [0.4, 0.5) is 0 Å². The number of benzene rings is 1. The molecule has 24 heavy (non-hydrogen) atoms. The van der Waals surface area contributed by atoms with Gasteiger partial charge in [0.25, 0.3) is 5.91 Å². The number of nitrogens with one attached hydrogen (secondary N) is 1. The highest BCUT2D eigenvalue weighted by atomic mass is 35.5. The Bertz CT molecular complexity index is 897. The standard InChI is InChI=1S/C18H19ClN4O/c1-22(11-12-4-6-23-7-5-20-17(23)8-12)18(24)16-9-13-2-3-14(19)10-15(13)21-16/h2-3,5,7,9-10,12,21H,4,6,8,11H2,1H3. The van der Waals surface area contributed by atoms with Crippen LogP contribution in [0.3, 0.4) is 0 Å². The highest BCUT2D eigenvalue weighted by molar-refractivity contribution is 6.31. The zero-order valence-electron chi connectivity index (χ0n) is 13.5. The molecule has 4 rings (SSSR count). The first-order valence-corrected chi connectivity index (χ1v) is 8.51.